The first kappa shape index (κ1) is 14.1. The fraction of sp³-hybridized carbons (Fsp3) is 0.500. The average Bonchev–Trinajstić information content (AvgIpc) is 2.62. The van der Waals surface area contributed by atoms with Crippen molar-refractivity contribution in [1.82, 2.24) is 0 Å². The van der Waals surface area contributed by atoms with Crippen LogP contribution >= 0.6 is 23.2 Å². The van der Waals surface area contributed by atoms with E-state index in [4.69, 9.17) is 28.9 Å². The summed E-state index contributed by atoms with van der Waals surface area (Å²) in [6, 6.07) is 5.40. The second-order valence-electron chi connectivity index (χ2n) is 4.94. The summed E-state index contributed by atoms with van der Waals surface area (Å²) in [6.07, 6.45) is 1.15. The lowest BCUT2D eigenvalue weighted by molar-refractivity contribution is 0.344. The Morgan fingerprint density at radius 2 is 2.06 bits per heavy atom. The third kappa shape index (κ3) is 2.82. The maximum absolute atomic E-state index is 11.6. The van der Waals surface area contributed by atoms with Crippen LogP contribution in [0.5, 0.6) is 0 Å². The Morgan fingerprint density at radius 3 is 2.61 bits per heavy atom. The molecule has 6 heteroatoms. The molecule has 0 amide bonds. The average molecular weight is 308 g/mol. The molecule has 0 aliphatic carbocycles. The largest absolute Gasteiger partial charge is 0.330 e. The second kappa shape index (κ2) is 5.00. The van der Waals surface area contributed by atoms with Gasteiger partial charge < -0.3 is 5.73 Å². The zero-order valence-electron chi connectivity index (χ0n) is 9.83. The van der Waals surface area contributed by atoms with Gasteiger partial charge in [0, 0.05) is 5.41 Å². The highest BCUT2D eigenvalue weighted by Gasteiger charge is 2.41. The van der Waals surface area contributed by atoms with E-state index in [1.807, 2.05) is 12.1 Å². The maximum Gasteiger partial charge on any atom is 0.150 e. The van der Waals surface area contributed by atoms with Gasteiger partial charge in [-0.05, 0) is 31.0 Å². The molecule has 1 atom stereocenters. The van der Waals surface area contributed by atoms with E-state index in [0.717, 1.165) is 5.56 Å². The summed E-state index contributed by atoms with van der Waals surface area (Å²) in [5.41, 5.74) is 6.26. The van der Waals surface area contributed by atoms with Crippen LogP contribution in [0, 0.1) is 5.41 Å². The van der Waals surface area contributed by atoms with Gasteiger partial charge in [0.15, 0.2) is 9.84 Å². The van der Waals surface area contributed by atoms with Crippen molar-refractivity contribution in [2.24, 2.45) is 11.1 Å². The van der Waals surface area contributed by atoms with Gasteiger partial charge >= 0.3 is 0 Å². The van der Waals surface area contributed by atoms with Crippen molar-refractivity contribution in [3.05, 3.63) is 33.8 Å². The van der Waals surface area contributed by atoms with E-state index in [9.17, 15) is 8.42 Å². The molecule has 3 nitrogen and oxygen atoms in total. The summed E-state index contributed by atoms with van der Waals surface area (Å²) < 4.78 is 23.3. The summed E-state index contributed by atoms with van der Waals surface area (Å²) in [5.74, 6) is 0.349. The molecule has 1 unspecified atom stereocenters. The molecule has 18 heavy (non-hydrogen) atoms. The standard InChI is InChI=1S/C12H15Cl2NO2S/c13-10-3-1-2-9(11(10)14)6-12(7-15)4-5-18(16,17)8-12/h1-3H,4-8,15H2. The number of halogens is 2. The second-order valence-corrected chi connectivity index (χ2v) is 7.91. The fourth-order valence-corrected chi connectivity index (χ4v) is 5.02. The number of rotatable bonds is 3. The lowest BCUT2D eigenvalue weighted by Gasteiger charge is -2.26. The highest BCUT2D eigenvalue weighted by Crippen LogP contribution is 2.37. The number of sulfone groups is 1. The van der Waals surface area contributed by atoms with Crippen molar-refractivity contribution in [1.29, 1.82) is 0 Å². The normalized spacial score (nSPS) is 26.4. The van der Waals surface area contributed by atoms with E-state index in [1.54, 1.807) is 6.07 Å². The van der Waals surface area contributed by atoms with Crippen LogP contribution in [0.3, 0.4) is 0 Å². The minimum absolute atomic E-state index is 0.138. The van der Waals surface area contributed by atoms with Crippen LogP contribution in [-0.4, -0.2) is 26.5 Å². The van der Waals surface area contributed by atoms with Gasteiger partial charge in [0.2, 0.25) is 0 Å². The molecule has 0 spiro atoms. The summed E-state index contributed by atoms with van der Waals surface area (Å²) in [4.78, 5) is 0. The van der Waals surface area contributed by atoms with Crippen LogP contribution in [0.25, 0.3) is 0 Å². The van der Waals surface area contributed by atoms with Gasteiger partial charge in [-0.1, -0.05) is 35.3 Å². The molecular formula is C12H15Cl2NO2S. The topological polar surface area (TPSA) is 60.2 Å². The summed E-state index contributed by atoms with van der Waals surface area (Å²) >= 11 is 12.1. The predicted octanol–water partition coefficient (Wildman–Crippen LogP) is 2.30. The Balaban J connectivity index is 2.29. The van der Waals surface area contributed by atoms with E-state index < -0.39 is 15.3 Å². The Morgan fingerprint density at radius 1 is 1.33 bits per heavy atom. The third-order valence-electron chi connectivity index (χ3n) is 3.50. The minimum atomic E-state index is -2.97. The summed E-state index contributed by atoms with van der Waals surface area (Å²) in [6.45, 7) is 0.342. The van der Waals surface area contributed by atoms with Crippen LogP contribution in [0.2, 0.25) is 10.0 Å². The van der Waals surface area contributed by atoms with E-state index in [-0.39, 0.29) is 11.5 Å². The highest BCUT2D eigenvalue weighted by atomic mass is 35.5. The summed E-state index contributed by atoms with van der Waals surface area (Å²) in [7, 11) is -2.97. The highest BCUT2D eigenvalue weighted by molar-refractivity contribution is 7.91. The van der Waals surface area contributed by atoms with Gasteiger partial charge in [0.1, 0.15) is 0 Å². The van der Waals surface area contributed by atoms with Crippen molar-refractivity contribution in [3.8, 4) is 0 Å². The molecule has 1 aromatic rings. The van der Waals surface area contributed by atoms with Crippen LogP contribution in [0.15, 0.2) is 18.2 Å². The van der Waals surface area contributed by atoms with Gasteiger partial charge in [-0.3, -0.25) is 0 Å². The minimum Gasteiger partial charge on any atom is -0.330 e. The molecule has 2 N–H and O–H groups in total. The fourth-order valence-electron chi connectivity index (χ4n) is 2.44. The lowest BCUT2D eigenvalue weighted by atomic mass is 9.81. The molecule has 0 saturated carbocycles. The molecule has 1 heterocycles. The molecule has 1 aliphatic rings. The number of hydrogen-bond acceptors (Lipinski definition) is 3. The van der Waals surface area contributed by atoms with E-state index >= 15 is 0 Å². The van der Waals surface area contributed by atoms with Crippen LogP contribution in [-0.2, 0) is 16.3 Å². The van der Waals surface area contributed by atoms with Gasteiger partial charge in [-0.25, -0.2) is 8.42 Å². The molecule has 100 valence electrons. The molecule has 2 rings (SSSR count). The van der Waals surface area contributed by atoms with Crippen LogP contribution in [0.4, 0.5) is 0 Å². The third-order valence-corrected chi connectivity index (χ3v) is 6.24. The van der Waals surface area contributed by atoms with E-state index in [1.165, 1.54) is 0 Å². The molecule has 1 saturated heterocycles. The summed E-state index contributed by atoms with van der Waals surface area (Å²) in [5, 5.41) is 0.985. The first-order valence-corrected chi connectivity index (χ1v) is 8.29. The molecule has 1 aliphatic heterocycles. The number of hydrogen-bond donors (Lipinski definition) is 1. The lowest BCUT2D eigenvalue weighted by Crippen LogP contribution is -2.34. The van der Waals surface area contributed by atoms with Gasteiger partial charge in [0.05, 0.1) is 21.6 Å². The molecule has 0 aromatic heterocycles. The zero-order chi connectivity index (χ0) is 13.4. The Labute approximate surface area is 117 Å². The van der Waals surface area contributed by atoms with Crippen molar-refractivity contribution in [2.75, 3.05) is 18.1 Å². The van der Waals surface area contributed by atoms with Crippen molar-refractivity contribution < 1.29 is 8.42 Å². The molecule has 1 fully saturated rings. The first-order chi connectivity index (χ1) is 8.37. The molecule has 0 radical (unpaired) electrons. The SMILES string of the molecule is NCC1(Cc2cccc(Cl)c2Cl)CCS(=O)(=O)C1. The molecule has 1 aromatic carbocycles. The Hall–Kier alpha value is -0.290. The van der Waals surface area contributed by atoms with Gasteiger partial charge in [-0.2, -0.15) is 0 Å². The van der Waals surface area contributed by atoms with E-state index in [0.29, 0.717) is 29.4 Å². The van der Waals surface area contributed by atoms with Crippen molar-refractivity contribution >= 4 is 33.0 Å². The first-order valence-electron chi connectivity index (χ1n) is 5.71. The zero-order valence-corrected chi connectivity index (χ0v) is 12.2. The monoisotopic (exact) mass is 307 g/mol. The van der Waals surface area contributed by atoms with Crippen LogP contribution in [0.1, 0.15) is 12.0 Å². The maximum atomic E-state index is 11.6. The number of benzene rings is 1. The Bertz CT molecular complexity index is 559. The quantitative estimate of drug-likeness (QED) is 0.932. The number of nitrogens with two attached hydrogens (primary N) is 1. The van der Waals surface area contributed by atoms with Gasteiger partial charge in [0.25, 0.3) is 0 Å². The van der Waals surface area contributed by atoms with E-state index in [2.05, 4.69) is 0 Å². The van der Waals surface area contributed by atoms with Crippen molar-refractivity contribution in [3.63, 3.8) is 0 Å². The van der Waals surface area contributed by atoms with Crippen molar-refractivity contribution in [2.45, 2.75) is 12.8 Å². The molecular weight excluding hydrogens is 293 g/mol. The van der Waals surface area contributed by atoms with Gasteiger partial charge in [-0.15, -0.1) is 0 Å². The smallest absolute Gasteiger partial charge is 0.150 e. The van der Waals surface area contributed by atoms with Crippen LogP contribution < -0.4 is 5.73 Å². The molecule has 0 bridgehead atoms. The predicted molar refractivity (Wildman–Crippen MR) is 74.9 cm³/mol. The Kier molecular flexibility index (Phi) is 3.93.